The molecule has 2 aromatic rings. The quantitative estimate of drug-likeness (QED) is 0.806. The Kier molecular flexibility index (Phi) is 4.33. The molecule has 0 aliphatic rings. The fraction of sp³-hybridized carbons (Fsp3) is 0.154. The van der Waals surface area contributed by atoms with Crippen LogP contribution in [0.25, 0.3) is 6.08 Å². The number of aromatic amines is 1. The molecule has 1 aromatic carbocycles. The van der Waals surface area contributed by atoms with Gasteiger partial charge in [0.25, 0.3) is 5.91 Å². The number of amides is 1. The Balaban J connectivity index is 2.02. The van der Waals surface area contributed by atoms with Crippen molar-refractivity contribution in [3.8, 4) is 11.8 Å². The number of nitrogens with one attached hydrogen (secondary N) is 2. The molecule has 0 bridgehead atoms. The van der Waals surface area contributed by atoms with Gasteiger partial charge in [0.2, 0.25) is 5.95 Å². The van der Waals surface area contributed by atoms with E-state index in [0.717, 1.165) is 5.56 Å². The molecule has 1 aromatic heterocycles. The molecule has 0 saturated carbocycles. The molecule has 7 heteroatoms. The summed E-state index contributed by atoms with van der Waals surface area (Å²) in [6, 6.07) is 7.55. The number of anilines is 1. The highest BCUT2D eigenvalue weighted by Crippen LogP contribution is 2.18. The molecule has 0 aliphatic carbocycles. The monoisotopic (exact) mass is 274 g/mol. The average molecular weight is 274 g/mol. The normalized spacial score (nSPS) is 10.5. The van der Waals surface area contributed by atoms with Crippen molar-refractivity contribution in [1.82, 2.24) is 15.2 Å². The number of benzene rings is 1. The first-order valence-electron chi connectivity index (χ1n) is 5.81. The lowest BCUT2D eigenvalue weighted by Crippen LogP contribution is -2.09. The Hall–Kier alpha value is -2.83. The zero-order valence-electron chi connectivity index (χ0n) is 11.1. The summed E-state index contributed by atoms with van der Waals surface area (Å²) in [6.45, 7) is 0. The number of nitrogens with zero attached hydrogens (tertiary/aromatic N) is 2. The molecule has 0 atom stereocenters. The third-order valence-electron chi connectivity index (χ3n) is 2.44. The molecule has 20 heavy (non-hydrogen) atoms. The number of hydrogen-bond donors (Lipinski definition) is 2. The first-order chi connectivity index (χ1) is 9.72. The Bertz CT molecular complexity index is 622. The van der Waals surface area contributed by atoms with E-state index in [4.69, 9.17) is 9.47 Å². The number of methoxy groups -OCH3 is 2. The van der Waals surface area contributed by atoms with Crippen LogP contribution in [0.15, 0.2) is 30.3 Å². The summed E-state index contributed by atoms with van der Waals surface area (Å²) in [7, 11) is 3.02. The molecule has 1 heterocycles. The van der Waals surface area contributed by atoms with Crippen molar-refractivity contribution in [2.45, 2.75) is 0 Å². The first-order valence-corrected chi connectivity index (χ1v) is 5.81. The van der Waals surface area contributed by atoms with Crippen molar-refractivity contribution in [3.63, 3.8) is 0 Å². The summed E-state index contributed by atoms with van der Waals surface area (Å²) in [4.78, 5) is 15.6. The second kappa shape index (κ2) is 6.37. The lowest BCUT2D eigenvalue weighted by Gasteiger charge is -2.03. The maximum absolute atomic E-state index is 11.7. The van der Waals surface area contributed by atoms with Gasteiger partial charge >= 0.3 is 6.01 Å². The predicted octanol–water partition coefficient (Wildman–Crippen LogP) is 1.47. The van der Waals surface area contributed by atoms with Gasteiger partial charge in [0.15, 0.2) is 0 Å². The molecule has 0 spiro atoms. The lowest BCUT2D eigenvalue weighted by molar-refractivity contribution is -0.111. The third-order valence-corrected chi connectivity index (χ3v) is 2.44. The van der Waals surface area contributed by atoms with E-state index in [1.165, 1.54) is 13.2 Å². The van der Waals surface area contributed by atoms with Gasteiger partial charge in [0.1, 0.15) is 5.75 Å². The van der Waals surface area contributed by atoms with Crippen LogP contribution < -0.4 is 14.8 Å². The van der Waals surface area contributed by atoms with Gasteiger partial charge < -0.3 is 9.47 Å². The maximum Gasteiger partial charge on any atom is 0.336 e. The summed E-state index contributed by atoms with van der Waals surface area (Å²) >= 11 is 0. The third kappa shape index (κ3) is 3.35. The fourth-order valence-electron chi connectivity index (χ4n) is 1.52. The van der Waals surface area contributed by atoms with Crippen LogP contribution in [0.5, 0.6) is 11.8 Å². The van der Waals surface area contributed by atoms with Crippen molar-refractivity contribution < 1.29 is 14.3 Å². The maximum atomic E-state index is 11.7. The number of para-hydroxylation sites is 1. The number of aromatic nitrogens is 3. The molecule has 0 unspecified atom stereocenters. The van der Waals surface area contributed by atoms with Crippen LogP contribution in [-0.4, -0.2) is 35.3 Å². The van der Waals surface area contributed by atoms with Gasteiger partial charge in [-0.05, 0) is 12.1 Å². The van der Waals surface area contributed by atoms with Gasteiger partial charge in [-0.1, -0.05) is 18.2 Å². The summed E-state index contributed by atoms with van der Waals surface area (Å²) in [6.07, 6.45) is 3.04. The first kappa shape index (κ1) is 13.6. The molecule has 104 valence electrons. The number of rotatable bonds is 5. The Labute approximate surface area is 115 Å². The molecule has 2 N–H and O–H groups in total. The SMILES string of the molecule is COc1n[nH]c(NC(=O)/C=C/c2ccccc2OC)n1. The minimum absolute atomic E-state index is 0.161. The molecule has 7 nitrogen and oxygen atoms in total. The van der Waals surface area contributed by atoms with Crippen LogP contribution in [0.3, 0.4) is 0 Å². The molecule has 0 saturated heterocycles. The summed E-state index contributed by atoms with van der Waals surface area (Å²) < 4.78 is 9.98. The molecular formula is C13H14N4O3. The number of hydrogen-bond acceptors (Lipinski definition) is 5. The van der Waals surface area contributed by atoms with E-state index in [-0.39, 0.29) is 17.9 Å². The van der Waals surface area contributed by atoms with E-state index >= 15 is 0 Å². The van der Waals surface area contributed by atoms with Gasteiger partial charge in [-0.15, -0.1) is 5.10 Å². The molecular weight excluding hydrogens is 260 g/mol. The molecule has 1 amide bonds. The van der Waals surface area contributed by atoms with Crippen molar-refractivity contribution >= 4 is 17.9 Å². The Morgan fingerprint density at radius 3 is 2.80 bits per heavy atom. The largest absolute Gasteiger partial charge is 0.496 e. The van der Waals surface area contributed by atoms with Crippen molar-refractivity contribution in [3.05, 3.63) is 35.9 Å². The van der Waals surface area contributed by atoms with Crippen LogP contribution in [-0.2, 0) is 4.79 Å². The van der Waals surface area contributed by atoms with Crippen LogP contribution in [0.2, 0.25) is 0 Å². The fourth-order valence-corrected chi connectivity index (χ4v) is 1.52. The van der Waals surface area contributed by atoms with Crippen LogP contribution in [0.1, 0.15) is 5.56 Å². The topological polar surface area (TPSA) is 89.1 Å². The van der Waals surface area contributed by atoms with E-state index in [1.54, 1.807) is 13.2 Å². The highest BCUT2D eigenvalue weighted by Gasteiger charge is 2.05. The highest BCUT2D eigenvalue weighted by atomic mass is 16.5. The second-order valence-corrected chi connectivity index (χ2v) is 3.74. The van der Waals surface area contributed by atoms with Gasteiger partial charge in [-0.25, -0.2) is 5.10 Å². The molecule has 2 rings (SSSR count). The van der Waals surface area contributed by atoms with E-state index < -0.39 is 0 Å². The number of carbonyl (C=O) groups excluding carboxylic acids is 1. The lowest BCUT2D eigenvalue weighted by atomic mass is 10.2. The number of H-pyrrole nitrogens is 1. The second-order valence-electron chi connectivity index (χ2n) is 3.74. The number of carbonyl (C=O) groups is 1. The van der Waals surface area contributed by atoms with E-state index in [1.807, 2.05) is 24.3 Å². The number of ether oxygens (including phenoxy) is 2. The van der Waals surface area contributed by atoms with Gasteiger partial charge in [0, 0.05) is 11.6 Å². The minimum Gasteiger partial charge on any atom is -0.496 e. The van der Waals surface area contributed by atoms with Crippen molar-refractivity contribution in [2.75, 3.05) is 19.5 Å². The molecule has 0 aliphatic heterocycles. The predicted molar refractivity (Wildman–Crippen MR) is 73.6 cm³/mol. The Morgan fingerprint density at radius 1 is 1.30 bits per heavy atom. The average Bonchev–Trinajstić information content (AvgIpc) is 2.93. The van der Waals surface area contributed by atoms with Crippen LogP contribution in [0.4, 0.5) is 5.95 Å². The highest BCUT2D eigenvalue weighted by molar-refractivity contribution is 6.01. The van der Waals surface area contributed by atoms with Gasteiger partial charge in [-0.2, -0.15) is 4.98 Å². The van der Waals surface area contributed by atoms with Crippen molar-refractivity contribution in [1.29, 1.82) is 0 Å². The van der Waals surface area contributed by atoms with Crippen LogP contribution >= 0.6 is 0 Å². The summed E-state index contributed by atoms with van der Waals surface area (Å²) in [5, 5.41) is 8.78. The van der Waals surface area contributed by atoms with E-state index in [9.17, 15) is 4.79 Å². The summed E-state index contributed by atoms with van der Waals surface area (Å²) in [5.74, 6) is 0.573. The zero-order valence-corrected chi connectivity index (χ0v) is 11.1. The van der Waals surface area contributed by atoms with Crippen molar-refractivity contribution in [2.24, 2.45) is 0 Å². The minimum atomic E-state index is -0.338. The smallest absolute Gasteiger partial charge is 0.336 e. The Morgan fingerprint density at radius 2 is 2.10 bits per heavy atom. The van der Waals surface area contributed by atoms with Gasteiger partial charge in [0.05, 0.1) is 14.2 Å². The molecule has 0 fully saturated rings. The standard InChI is InChI=1S/C13H14N4O3/c1-19-10-6-4-3-5-9(10)7-8-11(18)14-12-15-13(20-2)17-16-12/h3-8H,1-2H3,(H2,14,15,16,17,18)/b8-7+. The van der Waals surface area contributed by atoms with Crippen LogP contribution in [0, 0.1) is 0 Å². The van der Waals surface area contributed by atoms with Gasteiger partial charge in [-0.3, -0.25) is 10.1 Å². The molecule has 0 radical (unpaired) electrons. The van der Waals surface area contributed by atoms with E-state index in [0.29, 0.717) is 5.75 Å². The van der Waals surface area contributed by atoms with E-state index in [2.05, 4.69) is 20.5 Å². The summed E-state index contributed by atoms with van der Waals surface area (Å²) in [5.41, 5.74) is 0.806. The zero-order chi connectivity index (χ0) is 14.4.